The number of hydrogen-bond acceptors (Lipinski definition) is 5. The third kappa shape index (κ3) is 3.12. The molecule has 138 valence electrons. The number of ether oxygens (including phenoxy) is 1. The summed E-state index contributed by atoms with van der Waals surface area (Å²) in [5, 5.41) is 0.801. The number of fused-ring (bicyclic) bond motifs is 1. The highest BCUT2D eigenvalue weighted by Gasteiger charge is 2.25. The number of hydrogen-bond donors (Lipinski definition) is 0. The second-order valence-electron chi connectivity index (χ2n) is 7.13. The lowest BCUT2D eigenvalue weighted by molar-refractivity contribution is 0.101. The van der Waals surface area contributed by atoms with Crippen LogP contribution in [0.25, 0.3) is 10.9 Å². The zero-order chi connectivity index (χ0) is 18.3. The molecule has 0 N–H and O–H groups in total. The fourth-order valence-electron chi connectivity index (χ4n) is 3.65. The van der Waals surface area contributed by atoms with Crippen LogP contribution in [0.1, 0.15) is 36.5 Å². The molecule has 1 aliphatic heterocycles. The lowest BCUT2D eigenvalue weighted by Gasteiger charge is -2.32. The first-order valence-corrected chi connectivity index (χ1v) is 9.50. The minimum Gasteiger partial charge on any atom is -0.378 e. The van der Waals surface area contributed by atoms with Crippen molar-refractivity contribution in [3.63, 3.8) is 0 Å². The number of ketones is 1. The van der Waals surface area contributed by atoms with Crippen LogP contribution in [0.5, 0.6) is 0 Å². The van der Waals surface area contributed by atoms with Gasteiger partial charge in [0, 0.05) is 30.2 Å². The minimum atomic E-state index is -0.144. The van der Waals surface area contributed by atoms with E-state index in [0.717, 1.165) is 12.8 Å². The van der Waals surface area contributed by atoms with Crippen molar-refractivity contribution in [2.45, 2.75) is 32.7 Å². The molecular formula is C19H22ClN3O3. The maximum absolute atomic E-state index is 13.3. The lowest BCUT2D eigenvalue weighted by Crippen LogP contribution is -2.41. The highest BCUT2D eigenvalue weighted by atomic mass is 35.5. The minimum absolute atomic E-state index is 0.117. The van der Waals surface area contributed by atoms with Gasteiger partial charge in [0.25, 0.3) is 5.56 Å². The predicted molar refractivity (Wildman–Crippen MR) is 101 cm³/mol. The molecule has 2 aliphatic rings. The Kier molecular flexibility index (Phi) is 4.71. The number of carbonyl (C=O) groups excluding carboxylic acids is 1. The highest BCUT2D eigenvalue weighted by molar-refractivity contribution is 6.32. The van der Waals surface area contributed by atoms with Crippen LogP contribution >= 0.6 is 11.6 Å². The number of anilines is 1. The fraction of sp³-hybridized carbons (Fsp3) is 0.526. The van der Waals surface area contributed by atoms with Crippen LogP contribution in [0, 0.1) is 5.92 Å². The maximum Gasteiger partial charge on any atom is 0.262 e. The van der Waals surface area contributed by atoms with Crippen molar-refractivity contribution in [1.82, 2.24) is 9.55 Å². The van der Waals surface area contributed by atoms with E-state index in [-0.39, 0.29) is 11.3 Å². The summed E-state index contributed by atoms with van der Waals surface area (Å²) in [6.45, 7) is 4.73. The second kappa shape index (κ2) is 7.00. The molecule has 4 rings (SSSR count). The third-order valence-corrected chi connectivity index (χ3v) is 5.56. The van der Waals surface area contributed by atoms with Gasteiger partial charge in [0.05, 0.1) is 24.1 Å². The molecule has 6 nitrogen and oxygen atoms in total. The maximum atomic E-state index is 13.3. The summed E-state index contributed by atoms with van der Waals surface area (Å²) in [5.74, 6) is 1.01. The van der Waals surface area contributed by atoms with Gasteiger partial charge < -0.3 is 9.64 Å². The standard InChI is InChI=1S/C19H22ClN3O3/c1-12(24)15-9-14(20)10-16-17(15)21-19(22-5-7-26-8-6-22)23(18(16)25)11-13-3-2-4-13/h9-10,13H,2-8,11H2,1H3. The number of benzene rings is 1. The van der Waals surface area contributed by atoms with E-state index in [4.69, 9.17) is 21.3 Å². The Morgan fingerprint density at radius 3 is 2.65 bits per heavy atom. The van der Waals surface area contributed by atoms with Crippen LogP contribution in [0.15, 0.2) is 16.9 Å². The molecule has 0 radical (unpaired) electrons. The van der Waals surface area contributed by atoms with Gasteiger partial charge in [-0.2, -0.15) is 0 Å². The van der Waals surface area contributed by atoms with Gasteiger partial charge in [-0.3, -0.25) is 14.2 Å². The van der Waals surface area contributed by atoms with Gasteiger partial charge in [-0.1, -0.05) is 18.0 Å². The molecule has 0 bridgehead atoms. The number of halogens is 1. The van der Waals surface area contributed by atoms with Crippen LogP contribution in [0.2, 0.25) is 5.02 Å². The zero-order valence-corrected chi connectivity index (χ0v) is 15.6. The summed E-state index contributed by atoms with van der Waals surface area (Å²) in [7, 11) is 0. The molecular weight excluding hydrogens is 354 g/mol. The van der Waals surface area contributed by atoms with Crippen molar-refractivity contribution in [3.8, 4) is 0 Å². The molecule has 1 aliphatic carbocycles. The van der Waals surface area contributed by atoms with E-state index in [9.17, 15) is 9.59 Å². The van der Waals surface area contributed by atoms with Crippen molar-refractivity contribution in [1.29, 1.82) is 0 Å². The summed E-state index contributed by atoms with van der Waals surface area (Å²) in [6, 6.07) is 3.22. The van der Waals surface area contributed by atoms with Crippen LogP contribution in [0.4, 0.5) is 5.95 Å². The number of Topliss-reactive ketones (excluding diaryl/α,β-unsaturated/α-hetero) is 1. The topological polar surface area (TPSA) is 64.4 Å². The number of morpholine rings is 1. The Morgan fingerprint density at radius 1 is 1.31 bits per heavy atom. The fourth-order valence-corrected chi connectivity index (χ4v) is 3.87. The van der Waals surface area contributed by atoms with E-state index in [1.54, 1.807) is 16.7 Å². The first-order chi connectivity index (χ1) is 12.5. The summed E-state index contributed by atoms with van der Waals surface area (Å²) >= 11 is 6.17. The number of rotatable bonds is 4. The van der Waals surface area contributed by atoms with E-state index < -0.39 is 0 Å². The average Bonchev–Trinajstić information content (AvgIpc) is 2.59. The molecule has 1 saturated heterocycles. The Bertz CT molecular complexity index is 914. The van der Waals surface area contributed by atoms with Crippen molar-refractivity contribution in [2.24, 2.45) is 5.92 Å². The van der Waals surface area contributed by atoms with Gasteiger partial charge in [0.1, 0.15) is 0 Å². The number of carbonyl (C=O) groups is 1. The monoisotopic (exact) mass is 375 g/mol. The summed E-state index contributed by atoms with van der Waals surface area (Å²) < 4.78 is 7.22. The zero-order valence-electron chi connectivity index (χ0n) is 14.8. The molecule has 1 saturated carbocycles. The van der Waals surface area contributed by atoms with Gasteiger partial charge in [0.2, 0.25) is 5.95 Å². The molecule has 7 heteroatoms. The molecule has 2 fully saturated rings. The SMILES string of the molecule is CC(=O)c1cc(Cl)cc2c(=O)n(CC3CCC3)c(N3CCOCC3)nc12. The molecule has 26 heavy (non-hydrogen) atoms. The van der Waals surface area contributed by atoms with Crippen LogP contribution < -0.4 is 10.5 Å². The Labute approximate surface area is 156 Å². The predicted octanol–water partition coefficient (Wildman–Crippen LogP) is 2.89. The van der Waals surface area contributed by atoms with Crippen LogP contribution in [0.3, 0.4) is 0 Å². The number of aromatic nitrogens is 2. The van der Waals surface area contributed by atoms with Gasteiger partial charge in [-0.05, 0) is 37.8 Å². The average molecular weight is 376 g/mol. The Morgan fingerprint density at radius 2 is 2.04 bits per heavy atom. The molecule has 2 heterocycles. The van der Waals surface area contributed by atoms with E-state index >= 15 is 0 Å². The Balaban J connectivity index is 1.94. The molecule has 0 unspecified atom stereocenters. The van der Waals surface area contributed by atoms with E-state index in [1.165, 1.54) is 13.3 Å². The van der Waals surface area contributed by atoms with Crippen molar-refractivity contribution in [2.75, 3.05) is 31.2 Å². The van der Waals surface area contributed by atoms with E-state index in [0.29, 0.717) is 66.2 Å². The molecule has 0 atom stereocenters. The highest BCUT2D eigenvalue weighted by Crippen LogP contribution is 2.30. The second-order valence-corrected chi connectivity index (χ2v) is 7.57. The van der Waals surface area contributed by atoms with Crippen LogP contribution in [-0.4, -0.2) is 41.6 Å². The van der Waals surface area contributed by atoms with Crippen molar-refractivity contribution < 1.29 is 9.53 Å². The summed E-state index contributed by atoms with van der Waals surface area (Å²) in [4.78, 5) is 32.2. The van der Waals surface area contributed by atoms with Crippen molar-refractivity contribution in [3.05, 3.63) is 33.1 Å². The lowest BCUT2D eigenvalue weighted by atomic mass is 9.85. The smallest absolute Gasteiger partial charge is 0.262 e. The quantitative estimate of drug-likeness (QED) is 0.769. The van der Waals surface area contributed by atoms with Crippen LogP contribution in [-0.2, 0) is 11.3 Å². The van der Waals surface area contributed by atoms with Gasteiger partial charge >= 0.3 is 0 Å². The molecule has 1 aromatic carbocycles. The normalized spacial score (nSPS) is 18.2. The third-order valence-electron chi connectivity index (χ3n) is 5.34. The molecule has 2 aromatic rings. The summed E-state index contributed by atoms with van der Waals surface area (Å²) in [6.07, 6.45) is 3.50. The van der Waals surface area contributed by atoms with E-state index in [2.05, 4.69) is 4.90 Å². The molecule has 0 amide bonds. The Hall–Kier alpha value is -1.92. The molecule has 0 spiro atoms. The first kappa shape index (κ1) is 17.5. The van der Waals surface area contributed by atoms with Gasteiger partial charge in [-0.25, -0.2) is 4.98 Å². The first-order valence-electron chi connectivity index (χ1n) is 9.12. The van der Waals surface area contributed by atoms with Gasteiger partial charge in [-0.15, -0.1) is 0 Å². The summed E-state index contributed by atoms with van der Waals surface area (Å²) in [5.41, 5.74) is 0.724. The van der Waals surface area contributed by atoms with Crippen molar-refractivity contribution >= 4 is 34.2 Å². The van der Waals surface area contributed by atoms with E-state index in [1.807, 2.05) is 0 Å². The largest absolute Gasteiger partial charge is 0.378 e. The number of nitrogens with zero attached hydrogens (tertiary/aromatic N) is 3. The molecule has 1 aromatic heterocycles. The van der Waals surface area contributed by atoms with Gasteiger partial charge in [0.15, 0.2) is 5.78 Å².